The summed E-state index contributed by atoms with van der Waals surface area (Å²) >= 11 is 0. The van der Waals surface area contributed by atoms with Crippen LogP contribution in [0.3, 0.4) is 0 Å². The van der Waals surface area contributed by atoms with Gasteiger partial charge in [0.15, 0.2) is 6.04 Å². The molecule has 0 aliphatic carbocycles. The molecule has 1 aromatic heterocycles. The number of nitrogens with two attached hydrogens (primary N) is 1. The number of nitrogens with zero attached hydrogens (tertiary/aromatic N) is 1. The van der Waals surface area contributed by atoms with Crippen LogP contribution in [-0.4, -0.2) is 44.2 Å². The minimum Gasteiger partial charge on any atom is -0.351 e. The summed E-state index contributed by atoms with van der Waals surface area (Å²) in [6.07, 6.45) is 1.90. The minimum atomic E-state index is -0.793. The Balaban J connectivity index is 1.88. The van der Waals surface area contributed by atoms with Gasteiger partial charge in [0.05, 0.1) is 6.20 Å². The van der Waals surface area contributed by atoms with Crippen molar-refractivity contribution in [3.8, 4) is 0 Å². The number of aromatic nitrogens is 1. The van der Waals surface area contributed by atoms with Gasteiger partial charge in [0.1, 0.15) is 26.2 Å². The Morgan fingerprint density at radius 2 is 2.10 bits per heavy atom. The molecular weight excluding hydrogens is 258 g/mol. The van der Waals surface area contributed by atoms with E-state index in [1.165, 1.54) is 0 Å². The molecule has 0 bridgehead atoms. The molecule has 0 spiro atoms. The number of H-pyrrole nitrogens is 1. The number of quaternary nitrogens is 1. The number of rotatable bonds is 3. The van der Waals surface area contributed by atoms with Crippen molar-refractivity contribution < 1.29 is 19.5 Å². The fourth-order valence-electron chi connectivity index (χ4n) is 2.46. The Kier molecular flexibility index (Phi) is 4.52. The molecule has 0 saturated carbocycles. The van der Waals surface area contributed by atoms with Gasteiger partial charge >= 0.3 is 6.03 Å². The van der Waals surface area contributed by atoms with E-state index in [0.717, 1.165) is 36.9 Å². The monoisotopic (exact) mass is 279 g/mol. The van der Waals surface area contributed by atoms with Crippen LogP contribution >= 0.6 is 0 Å². The van der Waals surface area contributed by atoms with Gasteiger partial charge in [-0.25, -0.2) is 9.78 Å². The molecule has 1 aliphatic rings. The number of hydrogen-bond acceptors (Lipinski definition) is 3. The number of pyridine rings is 1. The molecule has 108 valence electrons. The molecule has 0 aromatic carbocycles. The van der Waals surface area contributed by atoms with Crippen molar-refractivity contribution >= 4 is 17.8 Å². The molecule has 0 radical (unpaired) electrons. The molecule has 1 atom stereocenters. The summed E-state index contributed by atoms with van der Waals surface area (Å²) in [5.41, 5.74) is 4.97. The third kappa shape index (κ3) is 3.45. The van der Waals surface area contributed by atoms with Gasteiger partial charge in [-0.1, -0.05) is 6.07 Å². The van der Waals surface area contributed by atoms with Crippen molar-refractivity contribution in [3.63, 3.8) is 0 Å². The van der Waals surface area contributed by atoms with E-state index in [1.807, 2.05) is 31.3 Å². The fraction of sp³-hybridized carbons (Fsp3) is 0.462. The van der Waals surface area contributed by atoms with Crippen molar-refractivity contribution in [2.24, 2.45) is 5.73 Å². The van der Waals surface area contributed by atoms with Gasteiger partial charge in [-0.05, 0) is 13.0 Å². The van der Waals surface area contributed by atoms with Crippen molar-refractivity contribution in [2.45, 2.75) is 13.0 Å². The predicted molar refractivity (Wildman–Crippen MR) is 73.1 cm³/mol. The zero-order valence-corrected chi connectivity index (χ0v) is 11.6. The highest BCUT2D eigenvalue weighted by Gasteiger charge is 2.32. The van der Waals surface area contributed by atoms with E-state index in [2.05, 4.69) is 15.2 Å². The van der Waals surface area contributed by atoms with Crippen LogP contribution < -0.4 is 25.8 Å². The maximum Gasteiger partial charge on any atom is 0.319 e. The highest BCUT2D eigenvalue weighted by molar-refractivity contribution is 5.95. The number of aromatic amines is 1. The minimum absolute atomic E-state index is 0.274. The van der Waals surface area contributed by atoms with Crippen LogP contribution in [0.15, 0.2) is 24.4 Å². The summed E-state index contributed by atoms with van der Waals surface area (Å²) < 4.78 is 0. The first-order chi connectivity index (χ1) is 9.58. The molecule has 1 aliphatic heterocycles. The average Bonchev–Trinajstić information content (AvgIpc) is 2.47. The molecule has 7 nitrogen and oxygen atoms in total. The van der Waals surface area contributed by atoms with Crippen LogP contribution in [0.4, 0.5) is 10.6 Å². The Bertz CT molecular complexity index is 471. The van der Waals surface area contributed by atoms with Crippen molar-refractivity contribution in [3.05, 3.63) is 24.4 Å². The van der Waals surface area contributed by atoms with Gasteiger partial charge in [-0.15, -0.1) is 0 Å². The number of nitrogens with one attached hydrogen (secondary N) is 3. The highest BCUT2D eigenvalue weighted by Crippen LogP contribution is 2.04. The summed E-state index contributed by atoms with van der Waals surface area (Å²) in [7, 11) is 0. The fourth-order valence-corrected chi connectivity index (χ4v) is 2.46. The first kappa shape index (κ1) is 14.3. The summed E-state index contributed by atoms with van der Waals surface area (Å²) in [6, 6.07) is 4.91. The standard InChI is InChI=1S/C13H19N5O2/c1-10(12(19)16-13(14)20)17-6-8-18(9-7-17)11-4-2-3-5-15-11/h2-5,10H,6-9H2,1H3,(H3,14,16,19,20)/p+2/t10-/m1/s1. The lowest BCUT2D eigenvalue weighted by atomic mass is 10.2. The average molecular weight is 279 g/mol. The quantitative estimate of drug-likeness (QED) is 0.585. The molecule has 2 heterocycles. The van der Waals surface area contributed by atoms with Crippen LogP contribution in [0.2, 0.25) is 0 Å². The summed E-state index contributed by atoms with van der Waals surface area (Å²) in [6.45, 7) is 5.23. The highest BCUT2D eigenvalue weighted by atomic mass is 16.2. The number of imide groups is 1. The van der Waals surface area contributed by atoms with Crippen LogP contribution in [-0.2, 0) is 4.79 Å². The van der Waals surface area contributed by atoms with E-state index in [9.17, 15) is 9.59 Å². The van der Waals surface area contributed by atoms with E-state index < -0.39 is 6.03 Å². The van der Waals surface area contributed by atoms with Gasteiger partial charge in [0.25, 0.3) is 11.7 Å². The third-order valence-corrected chi connectivity index (χ3v) is 3.69. The van der Waals surface area contributed by atoms with E-state index in [0.29, 0.717) is 0 Å². The van der Waals surface area contributed by atoms with Gasteiger partial charge < -0.3 is 10.6 Å². The first-order valence-corrected chi connectivity index (χ1v) is 6.74. The van der Waals surface area contributed by atoms with Crippen molar-refractivity contribution in [1.29, 1.82) is 0 Å². The Labute approximate surface area is 117 Å². The molecule has 1 aromatic rings. The lowest BCUT2D eigenvalue weighted by Crippen LogP contribution is -3.19. The third-order valence-electron chi connectivity index (χ3n) is 3.69. The van der Waals surface area contributed by atoms with E-state index in [-0.39, 0.29) is 11.9 Å². The summed E-state index contributed by atoms with van der Waals surface area (Å²) in [5.74, 6) is 0.771. The number of piperazine rings is 1. The Hall–Kier alpha value is -2.15. The predicted octanol–water partition coefficient (Wildman–Crippen LogP) is -2.21. The number of primary amides is 1. The zero-order chi connectivity index (χ0) is 14.5. The molecule has 1 saturated heterocycles. The van der Waals surface area contributed by atoms with Crippen molar-refractivity contribution in [2.75, 3.05) is 31.1 Å². The van der Waals surface area contributed by atoms with Crippen LogP contribution in [0.5, 0.6) is 0 Å². The number of urea groups is 1. The second-order valence-electron chi connectivity index (χ2n) is 4.97. The first-order valence-electron chi connectivity index (χ1n) is 6.74. The number of amides is 3. The maximum atomic E-state index is 11.8. The molecule has 7 heteroatoms. The van der Waals surface area contributed by atoms with E-state index in [1.54, 1.807) is 0 Å². The van der Waals surface area contributed by atoms with Gasteiger partial charge in [-0.2, -0.15) is 0 Å². The molecular formula is C13H21N5O2+2. The SMILES string of the molecule is C[C@H](C(=O)NC(N)=O)[NH+]1CCN(c2cccc[nH+]2)CC1. The molecule has 20 heavy (non-hydrogen) atoms. The Morgan fingerprint density at radius 3 is 2.65 bits per heavy atom. The van der Waals surface area contributed by atoms with E-state index >= 15 is 0 Å². The van der Waals surface area contributed by atoms with Gasteiger partial charge in [0.2, 0.25) is 0 Å². The lowest BCUT2D eigenvalue weighted by Gasteiger charge is -2.31. The van der Waals surface area contributed by atoms with Gasteiger partial charge in [0, 0.05) is 6.07 Å². The lowest BCUT2D eigenvalue weighted by molar-refractivity contribution is -0.914. The largest absolute Gasteiger partial charge is 0.351 e. The van der Waals surface area contributed by atoms with Crippen LogP contribution in [0, 0.1) is 0 Å². The zero-order valence-electron chi connectivity index (χ0n) is 11.6. The van der Waals surface area contributed by atoms with Crippen LogP contribution in [0.25, 0.3) is 0 Å². The van der Waals surface area contributed by atoms with Crippen LogP contribution in [0.1, 0.15) is 6.92 Å². The normalized spacial score (nSPS) is 17.6. The second kappa shape index (κ2) is 6.33. The molecule has 1 fully saturated rings. The number of anilines is 1. The summed E-state index contributed by atoms with van der Waals surface area (Å²) in [5, 5.41) is 2.14. The topological polar surface area (TPSA) is 94.0 Å². The molecule has 3 amide bonds. The maximum absolute atomic E-state index is 11.8. The number of hydrogen-bond donors (Lipinski definition) is 3. The smallest absolute Gasteiger partial charge is 0.319 e. The molecule has 5 N–H and O–H groups in total. The van der Waals surface area contributed by atoms with E-state index in [4.69, 9.17) is 5.73 Å². The van der Waals surface area contributed by atoms with Gasteiger partial charge in [-0.3, -0.25) is 15.0 Å². The molecule has 2 rings (SSSR count). The summed E-state index contributed by atoms with van der Waals surface area (Å²) in [4.78, 5) is 29.1. The molecule has 0 unspecified atom stereocenters. The number of carbonyl (C=O) groups excluding carboxylic acids is 2. The van der Waals surface area contributed by atoms with Crippen molar-refractivity contribution in [1.82, 2.24) is 5.32 Å². The Morgan fingerprint density at radius 1 is 1.40 bits per heavy atom. The second-order valence-corrected chi connectivity index (χ2v) is 4.97. The number of carbonyl (C=O) groups is 2.